The van der Waals surface area contributed by atoms with Crippen molar-refractivity contribution in [2.24, 2.45) is 23.2 Å². The molecule has 2 bridgehead atoms. The Morgan fingerprint density at radius 1 is 0.776 bits per heavy atom. The SMILES string of the molecule is CC[C@H](C)[C@H]1C(=O)NCC(=O)N(C)CCC=CC(=O)OCC(C)(C)C(=O)C(=O)N2CCCC[C@H]2C(=O)O[C@H](CCc2ccc(OC)c(OC)c2)c2cccc(c2)NC(=O)CCC(=O)N(C)[C@@H](CC(C)C)C(=O)C[C@H](Cc2ccccc2)C(=O)N1C. The van der Waals surface area contributed by atoms with E-state index in [9.17, 15) is 47.9 Å². The molecular formula is C65H88N6O14. The van der Waals surface area contributed by atoms with Gasteiger partial charge >= 0.3 is 11.9 Å². The predicted octanol–water partition coefficient (Wildman–Crippen LogP) is 7.26. The van der Waals surface area contributed by atoms with Gasteiger partial charge in [0, 0.05) is 71.2 Å². The third kappa shape index (κ3) is 19.6. The topological polar surface area (TPSA) is 245 Å². The maximum atomic E-state index is 14.8. The number of hydrogen-bond acceptors (Lipinski definition) is 14. The molecule has 0 radical (unpaired) electrons. The number of amides is 6. The number of piperidine rings is 1. The van der Waals surface area contributed by atoms with Crippen molar-refractivity contribution in [3.05, 3.63) is 102 Å². The van der Waals surface area contributed by atoms with E-state index in [1.807, 2.05) is 70.2 Å². The Hall–Kier alpha value is -7.90. The Labute approximate surface area is 500 Å². The third-order valence-electron chi connectivity index (χ3n) is 15.9. The highest BCUT2D eigenvalue weighted by molar-refractivity contribution is 6.38. The second-order valence-electron chi connectivity index (χ2n) is 23.4. The molecule has 3 aromatic rings. The number of ether oxygens (including phenoxy) is 4. The van der Waals surface area contributed by atoms with Crippen LogP contribution in [0.1, 0.15) is 129 Å². The molecule has 6 amide bonds. The molecule has 0 aromatic heterocycles. The first kappa shape index (κ1) is 67.9. The van der Waals surface area contributed by atoms with E-state index in [1.165, 1.54) is 74.9 Å². The summed E-state index contributed by atoms with van der Waals surface area (Å²) in [6.45, 7) is 9.90. The number of nitrogens with zero attached hydrogens (tertiary/aromatic N) is 4. The van der Waals surface area contributed by atoms with E-state index in [2.05, 4.69) is 10.6 Å². The minimum Gasteiger partial charge on any atom is -0.493 e. The summed E-state index contributed by atoms with van der Waals surface area (Å²) in [7, 11) is 7.63. The molecule has 0 saturated carbocycles. The van der Waals surface area contributed by atoms with Crippen LogP contribution in [-0.4, -0.2) is 158 Å². The number of fused-ring (bicyclic) bond motifs is 3. The second kappa shape index (κ2) is 32.4. The van der Waals surface area contributed by atoms with Crippen molar-refractivity contribution in [3.8, 4) is 11.5 Å². The summed E-state index contributed by atoms with van der Waals surface area (Å²) in [6, 6.07) is 18.3. The molecule has 3 aromatic carbocycles. The van der Waals surface area contributed by atoms with E-state index in [0.717, 1.165) is 17.2 Å². The minimum atomic E-state index is -1.50. The summed E-state index contributed by atoms with van der Waals surface area (Å²) in [5, 5.41) is 5.58. The first-order valence-corrected chi connectivity index (χ1v) is 29.5. The first-order valence-electron chi connectivity index (χ1n) is 29.5. The molecule has 20 heteroatoms. The van der Waals surface area contributed by atoms with Crippen molar-refractivity contribution in [2.45, 2.75) is 143 Å². The van der Waals surface area contributed by atoms with Gasteiger partial charge in [-0.3, -0.25) is 38.4 Å². The van der Waals surface area contributed by atoms with Gasteiger partial charge in [-0.05, 0) is 118 Å². The number of ketones is 2. The maximum absolute atomic E-state index is 14.8. The summed E-state index contributed by atoms with van der Waals surface area (Å²) in [6.07, 6.45) is 4.04. The summed E-state index contributed by atoms with van der Waals surface area (Å²) in [4.78, 5) is 146. The lowest BCUT2D eigenvalue weighted by molar-refractivity contribution is -0.165. The Balaban J connectivity index is 1.48. The Bertz CT molecular complexity index is 2870. The molecule has 2 aliphatic heterocycles. The predicted molar refractivity (Wildman–Crippen MR) is 320 cm³/mol. The van der Waals surface area contributed by atoms with E-state index < -0.39 is 102 Å². The molecule has 0 spiro atoms. The standard InChI is InChI=1S/C65H88N6O14/c1-12-43(4)59-61(78)66-40-57(75)68(7)33-18-17-26-58(76)84-41-65(5,6)60(77)63(80)71-34-19-16-25-49(71)64(81)85-52(29-27-45-28-30-53(82-10)54(37-45)83-11)46-23-20-24-48(38-46)67-55(73)31-32-56(74)69(8)50(35-42(2)3)51(72)39-47(62(79)70(59)9)36-44-21-14-13-15-22-44/h13-15,17,20-24,26,28,30,37-38,42-43,47,49-50,52,59H,12,16,18-19,25,27,29,31-36,39-41H2,1-11H3,(H,66,78)(H,67,73)/t43-,47-,49-,50-,52+,59-/m0/s1. The minimum absolute atomic E-state index is 0.0518. The van der Waals surface area contributed by atoms with Gasteiger partial charge in [0.1, 0.15) is 24.8 Å². The molecule has 5 rings (SSSR count). The average Bonchev–Trinajstić information content (AvgIpc) is 3.30. The monoisotopic (exact) mass is 1180 g/mol. The maximum Gasteiger partial charge on any atom is 0.330 e. The number of esters is 2. The number of carbonyl (C=O) groups excluding carboxylic acids is 10. The summed E-state index contributed by atoms with van der Waals surface area (Å²) in [5.41, 5.74) is 0.982. The number of cyclic esters (lactones) is 2. The van der Waals surface area contributed by atoms with Crippen LogP contribution in [0.5, 0.6) is 11.5 Å². The number of nitrogens with one attached hydrogen (secondary N) is 2. The number of likely N-dealkylation sites (N-methyl/N-ethyl adjacent to an activating group) is 3. The van der Waals surface area contributed by atoms with Crippen LogP contribution in [0.15, 0.2) is 84.9 Å². The number of rotatable bonds is 11. The smallest absolute Gasteiger partial charge is 0.330 e. The van der Waals surface area contributed by atoms with Gasteiger partial charge in [-0.25, -0.2) is 9.59 Å². The molecule has 462 valence electrons. The lowest BCUT2D eigenvalue weighted by Crippen LogP contribution is -2.54. The van der Waals surface area contributed by atoms with Crippen LogP contribution in [0.2, 0.25) is 0 Å². The summed E-state index contributed by atoms with van der Waals surface area (Å²) >= 11 is 0. The van der Waals surface area contributed by atoms with Gasteiger partial charge in [0.25, 0.3) is 5.91 Å². The van der Waals surface area contributed by atoms with E-state index >= 15 is 0 Å². The highest BCUT2D eigenvalue weighted by Crippen LogP contribution is 2.33. The Morgan fingerprint density at radius 3 is 2.18 bits per heavy atom. The molecular weight excluding hydrogens is 1090 g/mol. The molecule has 1 saturated heterocycles. The zero-order valence-corrected chi connectivity index (χ0v) is 51.4. The lowest BCUT2D eigenvalue weighted by Gasteiger charge is -2.36. The summed E-state index contributed by atoms with van der Waals surface area (Å²) < 4.78 is 22.7. The van der Waals surface area contributed by atoms with Crippen LogP contribution in [-0.2, 0) is 70.3 Å². The molecule has 85 heavy (non-hydrogen) atoms. The highest BCUT2D eigenvalue weighted by atomic mass is 16.5. The zero-order valence-electron chi connectivity index (χ0n) is 51.4. The van der Waals surface area contributed by atoms with Crippen LogP contribution < -0.4 is 20.1 Å². The highest BCUT2D eigenvalue weighted by Gasteiger charge is 2.43. The fourth-order valence-electron chi connectivity index (χ4n) is 10.6. The van der Waals surface area contributed by atoms with Crippen LogP contribution >= 0.6 is 0 Å². The molecule has 2 heterocycles. The largest absolute Gasteiger partial charge is 0.493 e. The van der Waals surface area contributed by atoms with Gasteiger partial charge < -0.3 is 49.2 Å². The van der Waals surface area contributed by atoms with Gasteiger partial charge in [0.15, 0.2) is 17.3 Å². The van der Waals surface area contributed by atoms with Gasteiger partial charge in [-0.1, -0.05) is 88.7 Å². The number of Topliss-reactive ketones (excluding diaryl/α,β-unsaturated/α-hetero) is 2. The van der Waals surface area contributed by atoms with Gasteiger partial charge in [0.2, 0.25) is 35.3 Å². The molecule has 0 unspecified atom stereocenters. The van der Waals surface area contributed by atoms with Crippen molar-refractivity contribution in [3.63, 3.8) is 0 Å². The van der Waals surface area contributed by atoms with E-state index in [0.29, 0.717) is 48.4 Å². The van der Waals surface area contributed by atoms with Gasteiger partial charge in [0.05, 0.1) is 32.2 Å². The van der Waals surface area contributed by atoms with Crippen molar-refractivity contribution in [1.82, 2.24) is 24.9 Å². The van der Waals surface area contributed by atoms with Crippen LogP contribution in [0, 0.1) is 23.2 Å². The molecule has 2 aliphatic rings. The first-order chi connectivity index (χ1) is 40.4. The molecule has 0 aliphatic carbocycles. The third-order valence-corrected chi connectivity index (χ3v) is 15.9. The normalized spacial score (nSPS) is 22.5. The molecule has 2 N–H and O–H groups in total. The number of aryl methyl sites for hydroxylation is 1. The van der Waals surface area contributed by atoms with Crippen LogP contribution in [0.4, 0.5) is 5.69 Å². The van der Waals surface area contributed by atoms with Crippen LogP contribution in [0.3, 0.4) is 0 Å². The number of benzene rings is 3. The van der Waals surface area contributed by atoms with Crippen molar-refractivity contribution < 1.29 is 66.9 Å². The van der Waals surface area contributed by atoms with E-state index in [-0.39, 0.29) is 82.1 Å². The lowest BCUT2D eigenvalue weighted by atomic mass is 9.87. The Morgan fingerprint density at radius 2 is 1.49 bits per heavy atom. The fraction of sp³-hybridized carbons (Fsp3) is 0.538. The van der Waals surface area contributed by atoms with Crippen molar-refractivity contribution in [2.75, 3.05) is 66.9 Å². The quantitative estimate of drug-likeness (QED) is 0.142. The number of methoxy groups -OCH3 is 2. The second-order valence-corrected chi connectivity index (χ2v) is 23.4. The summed E-state index contributed by atoms with van der Waals surface area (Å²) in [5.74, 6) is -6.45. The van der Waals surface area contributed by atoms with Crippen molar-refractivity contribution in [1.29, 1.82) is 0 Å². The van der Waals surface area contributed by atoms with Gasteiger partial charge in [-0.2, -0.15) is 0 Å². The Kier molecular flexibility index (Phi) is 25.9. The zero-order chi connectivity index (χ0) is 62.5. The van der Waals surface area contributed by atoms with Gasteiger partial charge in [-0.15, -0.1) is 0 Å². The molecule has 1 fully saturated rings. The fourth-order valence-corrected chi connectivity index (χ4v) is 10.6. The van der Waals surface area contributed by atoms with Crippen LogP contribution in [0.25, 0.3) is 0 Å². The van der Waals surface area contributed by atoms with E-state index in [4.69, 9.17) is 18.9 Å². The number of hydrogen-bond donors (Lipinski definition) is 2. The molecule has 6 atom stereocenters. The average molecular weight is 1180 g/mol. The number of carbonyl (C=O) groups is 10. The number of anilines is 1. The van der Waals surface area contributed by atoms with E-state index in [1.54, 1.807) is 30.3 Å². The molecule has 20 nitrogen and oxygen atoms in total. The van der Waals surface area contributed by atoms with Crippen molar-refractivity contribution >= 4 is 64.6 Å².